The smallest absolute Gasteiger partial charge is 0.352 e. The number of hydrogen-bond donors (Lipinski definition) is 3. The van der Waals surface area contributed by atoms with Crippen LogP contribution in [0.25, 0.3) is 4.83 Å². The summed E-state index contributed by atoms with van der Waals surface area (Å²) in [5, 5.41) is 21.6. The van der Waals surface area contributed by atoms with E-state index in [1.165, 1.54) is 34.6 Å². The van der Waals surface area contributed by atoms with Crippen LogP contribution in [-0.4, -0.2) is 70.4 Å². The first-order valence-electron chi connectivity index (χ1n) is 10.1. The molecule has 2 aliphatic heterocycles. The number of nitrogens with one attached hydrogen (secondary N) is 1. The zero-order valence-corrected chi connectivity index (χ0v) is 19.7. The molecule has 4 rings (SSSR count). The second-order valence-corrected chi connectivity index (χ2v) is 11.1. The average molecular weight is 485 g/mol. The number of thiazole rings is 1. The molecular weight excluding hydrogens is 458 g/mol. The summed E-state index contributed by atoms with van der Waals surface area (Å²) in [6.07, 6.45) is 2.81. The number of fused-ring (bicyclic) bond motifs is 2. The van der Waals surface area contributed by atoms with Crippen LogP contribution in [0, 0.1) is 11.8 Å². The molecule has 1 saturated heterocycles. The van der Waals surface area contributed by atoms with E-state index < -0.39 is 28.2 Å². The normalized spacial score (nSPS) is 24.4. The largest absolute Gasteiger partial charge is 0.477 e. The van der Waals surface area contributed by atoms with Crippen LogP contribution >= 0.6 is 11.3 Å². The minimum Gasteiger partial charge on any atom is -0.477 e. The molecule has 13 heteroatoms. The molecule has 0 unspecified atom stereocenters. The molecule has 0 spiro atoms. The van der Waals surface area contributed by atoms with Gasteiger partial charge in [0.15, 0.2) is 0 Å². The Kier molecular flexibility index (Phi) is 5.66. The van der Waals surface area contributed by atoms with Crippen LogP contribution in [0.15, 0.2) is 29.2 Å². The second-order valence-electron chi connectivity index (χ2n) is 8.25. The summed E-state index contributed by atoms with van der Waals surface area (Å²) >= 11 is 1.45. The van der Waals surface area contributed by atoms with Gasteiger partial charge in [0.1, 0.15) is 24.1 Å². The van der Waals surface area contributed by atoms with Gasteiger partial charge in [0.05, 0.1) is 24.6 Å². The van der Waals surface area contributed by atoms with E-state index in [0.29, 0.717) is 5.57 Å². The van der Waals surface area contributed by atoms with Crippen LogP contribution in [0.2, 0.25) is 0 Å². The van der Waals surface area contributed by atoms with Gasteiger partial charge in [0, 0.05) is 31.0 Å². The molecule has 4 heterocycles. The zero-order chi connectivity index (χ0) is 23.5. The van der Waals surface area contributed by atoms with Crippen molar-refractivity contribution >= 4 is 38.3 Å². The summed E-state index contributed by atoms with van der Waals surface area (Å²) in [5.41, 5.74) is 1.38. The molecule has 11 nitrogen and oxygen atoms in total. The molecule has 174 valence electrons. The number of aliphatic hydroxyl groups excluding tert-OH is 1. The molecule has 1 amide bonds. The van der Waals surface area contributed by atoms with E-state index in [1.54, 1.807) is 13.3 Å². The number of aliphatic carboxylic acids is 1. The highest BCUT2D eigenvalue weighted by Gasteiger charge is 2.60. The fourth-order valence-corrected chi connectivity index (χ4v) is 6.18. The number of carbonyl (C=O) groups excluding carboxylic acids is 1. The number of aromatic nitrogens is 2. The van der Waals surface area contributed by atoms with Crippen molar-refractivity contribution in [2.45, 2.75) is 39.1 Å². The highest BCUT2D eigenvalue weighted by molar-refractivity contribution is 7.87. The Labute approximate surface area is 189 Å². The molecule has 2 aromatic rings. The minimum absolute atomic E-state index is 0.00785. The van der Waals surface area contributed by atoms with Crippen LogP contribution in [0.3, 0.4) is 0 Å². The Hall–Kier alpha value is -2.32. The monoisotopic (exact) mass is 484 g/mol. The van der Waals surface area contributed by atoms with Crippen LogP contribution < -0.4 is 9.29 Å². The van der Waals surface area contributed by atoms with Crippen LogP contribution in [-0.2, 0) is 32.9 Å². The van der Waals surface area contributed by atoms with Crippen molar-refractivity contribution in [3.63, 3.8) is 0 Å². The van der Waals surface area contributed by atoms with Crippen molar-refractivity contribution in [1.29, 1.82) is 0 Å². The number of β-lactam (4-membered cyclic amide) rings is 1. The molecular formula is C19H26N5O6S2+. The Morgan fingerprint density at radius 3 is 2.72 bits per heavy atom. The predicted molar refractivity (Wildman–Crippen MR) is 115 cm³/mol. The maximum absolute atomic E-state index is 12.5. The van der Waals surface area contributed by atoms with Gasteiger partial charge in [0.2, 0.25) is 17.1 Å². The molecule has 32 heavy (non-hydrogen) atoms. The highest BCUT2D eigenvalue weighted by Crippen LogP contribution is 2.47. The van der Waals surface area contributed by atoms with Gasteiger partial charge >= 0.3 is 5.97 Å². The number of carboxylic acid groups (broad SMARTS) is 1. The summed E-state index contributed by atoms with van der Waals surface area (Å²) in [6, 6.07) is -0.358. The van der Waals surface area contributed by atoms with E-state index in [0.717, 1.165) is 10.5 Å². The standard InChI is InChI=1S/C19H25N5O6S2/c1-10-13(17(19(27)28)24-16(10)15(11(2)25)18(24)26)6-22-7-14-23(9-22)12(8-31-14)5-21(4)32(29,30)20-3/h7-11,15-16,20,25H,5-6H2,1-4H3/p+1/t10-,11+,15+,16+/m0/s1. The lowest BCUT2D eigenvalue weighted by Crippen LogP contribution is -2.63. The van der Waals surface area contributed by atoms with Crippen LogP contribution in [0.1, 0.15) is 19.5 Å². The van der Waals surface area contributed by atoms with E-state index in [4.69, 9.17) is 0 Å². The fraction of sp³-hybridized carbons (Fsp3) is 0.526. The topological polar surface area (TPSA) is 136 Å². The molecule has 0 radical (unpaired) electrons. The SMILES string of the molecule is CNS(=O)(=O)N(C)Cc1csc2c[n+](CC3=C(C(=O)O)N4C(=O)[C@H]([C@@H](C)O)[C@H]4[C@H]3C)cn12. The molecule has 0 aromatic carbocycles. The quantitative estimate of drug-likeness (QED) is 0.338. The maximum atomic E-state index is 12.5. The van der Waals surface area contributed by atoms with Gasteiger partial charge in [-0.2, -0.15) is 17.1 Å². The summed E-state index contributed by atoms with van der Waals surface area (Å²) < 4.78 is 31.2. The number of aliphatic hydroxyl groups is 1. The van der Waals surface area contributed by atoms with Crippen molar-refractivity contribution < 1.29 is 32.8 Å². The average Bonchev–Trinajstić information content (AvgIpc) is 3.34. The number of carboxylic acids is 1. The van der Waals surface area contributed by atoms with E-state index in [9.17, 15) is 28.2 Å². The van der Waals surface area contributed by atoms with Crippen LogP contribution in [0.4, 0.5) is 0 Å². The molecule has 0 bridgehead atoms. The predicted octanol–water partition coefficient (Wildman–Crippen LogP) is -0.619. The summed E-state index contributed by atoms with van der Waals surface area (Å²) in [5.74, 6) is -2.33. The van der Waals surface area contributed by atoms with E-state index in [1.807, 2.05) is 27.5 Å². The van der Waals surface area contributed by atoms with Gasteiger partial charge in [-0.25, -0.2) is 14.1 Å². The molecule has 1 fully saturated rings. The summed E-state index contributed by atoms with van der Waals surface area (Å²) in [7, 11) is -0.729. The lowest BCUT2D eigenvalue weighted by molar-refractivity contribution is -0.688. The van der Waals surface area contributed by atoms with Gasteiger partial charge < -0.3 is 15.1 Å². The third-order valence-electron chi connectivity index (χ3n) is 6.33. The van der Waals surface area contributed by atoms with E-state index >= 15 is 0 Å². The van der Waals surface area contributed by atoms with Crippen molar-refractivity contribution in [1.82, 2.24) is 18.3 Å². The molecule has 2 aromatic heterocycles. The number of hydrogen-bond acceptors (Lipinski definition) is 6. The number of imidazole rings is 1. The Bertz CT molecular complexity index is 1230. The van der Waals surface area contributed by atoms with Crippen molar-refractivity contribution in [2.75, 3.05) is 14.1 Å². The highest BCUT2D eigenvalue weighted by atomic mass is 32.2. The third kappa shape index (κ3) is 3.44. The first-order valence-corrected chi connectivity index (χ1v) is 12.4. The minimum atomic E-state index is -3.56. The van der Waals surface area contributed by atoms with Gasteiger partial charge in [-0.05, 0) is 6.92 Å². The van der Waals surface area contributed by atoms with Gasteiger partial charge in [-0.3, -0.25) is 4.79 Å². The van der Waals surface area contributed by atoms with Crippen molar-refractivity contribution in [3.05, 3.63) is 34.9 Å². The van der Waals surface area contributed by atoms with Gasteiger partial charge in [-0.15, -0.1) is 0 Å². The molecule has 3 N–H and O–H groups in total. The fourth-order valence-electron chi connectivity index (χ4n) is 4.65. The molecule has 0 saturated carbocycles. The number of amides is 1. The molecule has 2 aliphatic rings. The number of rotatable bonds is 8. The first-order chi connectivity index (χ1) is 15.0. The third-order valence-corrected chi connectivity index (χ3v) is 8.73. The van der Waals surface area contributed by atoms with E-state index in [2.05, 4.69) is 4.72 Å². The summed E-state index contributed by atoms with van der Waals surface area (Å²) in [4.78, 5) is 26.7. The molecule has 4 atom stereocenters. The zero-order valence-electron chi connectivity index (χ0n) is 18.1. The first kappa shape index (κ1) is 22.9. The van der Waals surface area contributed by atoms with Gasteiger partial charge in [0.25, 0.3) is 10.2 Å². The Morgan fingerprint density at radius 2 is 2.12 bits per heavy atom. The van der Waals surface area contributed by atoms with Crippen LogP contribution in [0.5, 0.6) is 0 Å². The summed E-state index contributed by atoms with van der Waals surface area (Å²) in [6.45, 7) is 3.87. The van der Waals surface area contributed by atoms with Crippen molar-refractivity contribution in [2.24, 2.45) is 11.8 Å². The Morgan fingerprint density at radius 1 is 1.44 bits per heavy atom. The lowest BCUT2D eigenvalue weighted by atomic mass is 9.78. The van der Waals surface area contributed by atoms with E-state index in [-0.39, 0.29) is 36.7 Å². The molecule has 0 aliphatic carbocycles. The lowest BCUT2D eigenvalue weighted by Gasteiger charge is -2.46. The Balaban J connectivity index is 1.63. The van der Waals surface area contributed by atoms with Gasteiger partial charge in [-0.1, -0.05) is 18.3 Å². The second kappa shape index (κ2) is 7.92. The number of nitrogens with zero attached hydrogens (tertiary/aromatic N) is 4. The number of carbonyl (C=O) groups is 2. The van der Waals surface area contributed by atoms with Crippen molar-refractivity contribution in [3.8, 4) is 0 Å². The maximum Gasteiger partial charge on any atom is 0.352 e.